The van der Waals surface area contributed by atoms with Crippen LogP contribution in [0.2, 0.25) is 16.6 Å². The zero-order chi connectivity index (χ0) is 16.2. The Morgan fingerprint density at radius 3 is 1.71 bits per heavy atom. The Morgan fingerprint density at radius 1 is 0.952 bits per heavy atom. The predicted octanol–water partition coefficient (Wildman–Crippen LogP) is 5.64. The van der Waals surface area contributed by atoms with Gasteiger partial charge in [-0.2, -0.15) is 0 Å². The van der Waals surface area contributed by atoms with Gasteiger partial charge < -0.3 is 0 Å². The van der Waals surface area contributed by atoms with E-state index in [9.17, 15) is 4.79 Å². The molecule has 0 unspecified atom stereocenters. The molecular weight excluding hydrogens is 296 g/mol. The number of hydrogen-bond acceptors (Lipinski definition) is 1. The van der Waals surface area contributed by atoms with E-state index in [1.807, 2.05) is 12.1 Å². The van der Waals surface area contributed by atoms with Crippen LogP contribution in [-0.2, 0) is 0 Å². The van der Waals surface area contributed by atoms with Crippen molar-refractivity contribution in [3.8, 4) is 11.5 Å². The number of benzene rings is 1. The van der Waals surface area contributed by atoms with Crippen LogP contribution in [0.25, 0.3) is 0 Å². The van der Waals surface area contributed by atoms with Crippen LogP contribution in [0.3, 0.4) is 0 Å². The van der Waals surface area contributed by atoms with Gasteiger partial charge in [0.15, 0.2) is 0 Å². The monoisotopic (exact) mass is 320 g/mol. The van der Waals surface area contributed by atoms with Crippen molar-refractivity contribution >= 4 is 24.9 Å². The van der Waals surface area contributed by atoms with E-state index >= 15 is 0 Å². The van der Waals surface area contributed by atoms with Gasteiger partial charge >= 0.3 is 0 Å². The molecule has 0 saturated carbocycles. The fraction of sp³-hybridized carbons (Fsp3) is 0.500. The van der Waals surface area contributed by atoms with Crippen molar-refractivity contribution in [2.75, 3.05) is 0 Å². The minimum absolute atomic E-state index is 0.426. The average Bonchev–Trinajstić information content (AvgIpc) is 2.38. The molecule has 0 aromatic heterocycles. The lowest BCUT2D eigenvalue weighted by molar-refractivity contribution is 0.108. The quantitative estimate of drug-likeness (QED) is 0.399. The number of carbonyl (C=O) groups excluding carboxylic acids is 1. The smallest absolute Gasteiger partial charge is 0.252 e. The minimum atomic E-state index is -1.70. The van der Waals surface area contributed by atoms with E-state index < -0.39 is 13.3 Å². The molecule has 1 nitrogen and oxygen atoms in total. The van der Waals surface area contributed by atoms with Gasteiger partial charge in [-0.25, -0.2) is 0 Å². The van der Waals surface area contributed by atoms with Crippen molar-refractivity contribution in [1.82, 2.24) is 0 Å². The standard InChI is InChI=1S/C18H25ClOSi/c1-13(2)21(14(3)4,15(5)6)12-11-16-7-9-17(10-8-16)18(19)20/h7-10,13-15H,1-6H3. The van der Waals surface area contributed by atoms with E-state index in [4.69, 9.17) is 11.6 Å². The zero-order valence-electron chi connectivity index (χ0n) is 13.8. The molecule has 1 aromatic carbocycles. The summed E-state index contributed by atoms with van der Waals surface area (Å²) in [5.74, 6) is 3.35. The van der Waals surface area contributed by atoms with Crippen molar-refractivity contribution < 1.29 is 4.79 Å². The highest BCUT2D eigenvalue weighted by Crippen LogP contribution is 2.40. The van der Waals surface area contributed by atoms with E-state index in [0.717, 1.165) is 5.56 Å². The first-order chi connectivity index (χ1) is 9.71. The highest BCUT2D eigenvalue weighted by atomic mass is 35.5. The molecule has 0 heterocycles. The van der Waals surface area contributed by atoms with Crippen LogP contribution >= 0.6 is 11.6 Å². The van der Waals surface area contributed by atoms with Crippen molar-refractivity contribution in [1.29, 1.82) is 0 Å². The van der Waals surface area contributed by atoms with Gasteiger partial charge in [0, 0.05) is 11.1 Å². The molecule has 0 radical (unpaired) electrons. The second-order valence-corrected chi connectivity index (χ2v) is 12.4. The third kappa shape index (κ3) is 3.99. The summed E-state index contributed by atoms with van der Waals surface area (Å²) in [7, 11) is -1.70. The Kier molecular flexibility index (Phi) is 6.25. The van der Waals surface area contributed by atoms with Crippen molar-refractivity contribution in [2.24, 2.45) is 0 Å². The lowest BCUT2D eigenvalue weighted by atomic mass is 10.2. The molecule has 1 aromatic rings. The van der Waals surface area contributed by atoms with Crippen molar-refractivity contribution in [3.63, 3.8) is 0 Å². The third-order valence-electron chi connectivity index (χ3n) is 4.40. The first-order valence-corrected chi connectivity index (χ1v) is 10.2. The van der Waals surface area contributed by atoms with Gasteiger partial charge in [-0.15, -0.1) is 5.54 Å². The summed E-state index contributed by atoms with van der Waals surface area (Å²) in [5.41, 5.74) is 7.00. The molecule has 0 amide bonds. The number of carbonyl (C=O) groups is 1. The van der Waals surface area contributed by atoms with Crippen molar-refractivity contribution in [2.45, 2.75) is 58.2 Å². The zero-order valence-corrected chi connectivity index (χ0v) is 15.6. The molecule has 114 valence electrons. The summed E-state index contributed by atoms with van der Waals surface area (Å²) in [6, 6.07) is 7.23. The number of halogens is 1. The largest absolute Gasteiger partial charge is 0.276 e. The molecule has 0 aliphatic carbocycles. The lowest BCUT2D eigenvalue weighted by Gasteiger charge is -2.38. The molecule has 0 fully saturated rings. The minimum Gasteiger partial charge on any atom is -0.276 e. The van der Waals surface area contributed by atoms with Crippen molar-refractivity contribution in [3.05, 3.63) is 35.4 Å². The molecule has 0 N–H and O–H groups in total. The molecule has 0 aliphatic rings. The van der Waals surface area contributed by atoms with Gasteiger partial charge in [-0.05, 0) is 52.5 Å². The summed E-state index contributed by atoms with van der Waals surface area (Å²) in [6.45, 7) is 13.8. The Labute approximate surface area is 135 Å². The summed E-state index contributed by atoms with van der Waals surface area (Å²) >= 11 is 5.46. The topological polar surface area (TPSA) is 17.1 Å². The van der Waals surface area contributed by atoms with E-state index in [1.165, 1.54) is 0 Å². The molecule has 0 spiro atoms. The summed E-state index contributed by atoms with van der Waals surface area (Å²) in [6.07, 6.45) is 0. The van der Waals surface area contributed by atoms with Gasteiger partial charge in [0.2, 0.25) is 0 Å². The lowest BCUT2D eigenvalue weighted by Crippen LogP contribution is -2.43. The van der Waals surface area contributed by atoms with Crippen LogP contribution in [0, 0.1) is 11.5 Å². The van der Waals surface area contributed by atoms with Gasteiger partial charge in [-0.3, -0.25) is 4.79 Å². The first kappa shape index (κ1) is 18.0. The molecule has 21 heavy (non-hydrogen) atoms. The highest BCUT2D eigenvalue weighted by Gasteiger charge is 2.41. The van der Waals surface area contributed by atoms with E-state index in [0.29, 0.717) is 22.2 Å². The fourth-order valence-corrected chi connectivity index (χ4v) is 8.65. The van der Waals surface area contributed by atoms with Crippen LogP contribution in [0.1, 0.15) is 57.5 Å². The second-order valence-electron chi connectivity index (χ2n) is 6.50. The van der Waals surface area contributed by atoms with Crippen LogP contribution in [0.5, 0.6) is 0 Å². The Balaban J connectivity index is 3.19. The molecule has 0 atom stereocenters. The predicted molar refractivity (Wildman–Crippen MR) is 94.6 cm³/mol. The Hall–Kier alpha value is -1.04. The fourth-order valence-electron chi connectivity index (χ4n) is 3.30. The highest BCUT2D eigenvalue weighted by molar-refractivity contribution is 6.90. The van der Waals surface area contributed by atoms with Crippen LogP contribution < -0.4 is 0 Å². The maximum atomic E-state index is 11.1. The number of hydrogen-bond donors (Lipinski definition) is 0. The SMILES string of the molecule is CC(C)[Si](C#Cc1ccc(C(=O)Cl)cc1)(C(C)C)C(C)C. The Morgan fingerprint density at radius 2 is 1.38 bits per heavy atom. The van der Waals surface area contributed by atoms with Gasteiger partial charge in [-0.1, -0.05) is 47.5 Å². The summed E-state index contributed by atoms with van der Waals surface area (Å²) in [4.78, 5) is 11.1. The number of rotatable bonds is 4. The molecular formula is C18H25ClOSi. The molecule has 3 heteroatoms. The first-order valence-electron chi connectivity index (χ1n) is 7.54. The van der Waals surface area contributed by atoms with Crippen LogP contribution in [-0.4, -0.2) is 13.3 Å². The van der Waals surface area contributed by atoms with E-state index in [-0.39, 0.29) is 0 Å². The second kappa shape index (κ2) is 7.29. The maximum Gasteiger partial charge on any atom is 0.252 e. The van der Waals surface area contributed by atoms with E-state index in [2.05, 4.69) is 53.0 Å². The molecule has 1 rings (SSSR count). The van der Waals surface area contributed by atoms with Crippen LogP contribution in [0.15, 0.2) is 24.3 Å². The summed E-state index contributed by atoms with van der Waals surface area (Å²) < 4.78 is 0. The van der Waals surface area contributed by atoms with Crippen LogP contribution in [0.4, 0.5) is 0 Å². The Bertz CT molecular complexity index is 525. The summed E-state index contributed by atoms with van der Waals surface area (Å²) in [5, 5.41) is -0.426. The van der Waals surface area contributed by atoms with Gasteiger partial charge in [0.25, 0.3) is 5.24 Å². The van der Waals surface area contributed by atoms with Gasteiger partial charge in [0.05, 0.1) is 0 Å². The maximum absolute atomic E-state index is 11.1. The molecule has 0 bridgehead atoms. The van der Waals surface area contributed by atoms with Gasteiger partial charge in [0.1, 0.15) is 8.07 Å². The third-order valence-corrected chi connectivity index (χ3v) is 10.9. The molecule has 0 aliphatic heterocycles. The molecule has 0 saturated heterocycles. The van der Waals surface area contributed by atoms with E-state index in [1.54, 1.807) is 12.1 Å². The average molecular weight is 321 g/mol. The normalized spacial score (nSPS) is 11.7.